The number of aromatic nitrogens is 3. The summed E-state index contributed by atoms with van der Waals surface area (Å²) in [6.45, 7) is 1.47. The predicted molar refractivity (Wildman–Crippen MR) is 102 cm³/mol. The Morgan fingerprint density at radius 3 is 3.15 bits per heavy atom. The van der Waals surface area contributed by atoms with E-state index >= 15 is 0 Å². The molecule has 4 rings (SSSR count). The van der Waals surface area contributed by atoms with Gasteiger partial charge in [0, 0.05) is 47.3 Å². The number of hydrogen-bond acceptors (Lipinski definition) is 6. The van der Waals surface area contributed by atoms with Crippen LogP contribution < -0.4 is 0 Å². The molecule has 3 aromatic heterocycles. The molecule has 0 bridgehead atoms. The molecular formula is C18H17BrN4O2S. The van der Waals surface area contributed by atoms with E-state index in [2.05, 4.69) is 31.1 Å². The zero-order valence-electron chi connectivity index (χ0n) is 14.0. The Hall–Kier alpha value is -2.06. The molecule has 0 spiro atoms. The summed E-state index contributed by atoms with van der Waals surface area (Å²) in [5, 5.41) is 8.06. The lowest BCUT2D eigenvalue weighted by molar-refractivity contribution is 0.0667. The molecule has 0 saturated carbocycles. The molecular weight excluding hydrogens is 416 g/mol. The first kappa shape index (κ1) is 17.4. The molecule has 6 nitrogen and oxygen atoms in total. The standard InChI is InChI=1S/C18H17BrN4O2S/c19-15-7-14(8-20-9-15)18(24)23-4-1-2-12(10-23)6-16-21-17(22-25-16)13-3-5-26-11-13/h3,5,7-9,11-12H,1-2,4,6,10H2/t12-/m1/s1. The Kier molecular flexibility index (Phi) is 5.12. The molecule has 3 aromatic rings. The molecule has 26 heavy (non-hydrogen) atoms. The molecule has 0 aromatic carbocycles. The molecule has 1 aliphatic heterocycles. The van der Waals surface area contributed by atoms with Crippen molar-refractivity contribution >= 4 is 33.2 Å². The molecule has 0 N–H and O–H groups in total. The zero-order valence-corrected chi connectivity index (χ0v) is 16.4. The van der Waals surface area contributed by atoms with Gasteiger partial charge in [-0.3, -0.25) is 9.78 Å². The van der Waals surface area contributed by atoms with Crippen LogP contribution in [-0.2, 0) is 6.42 Å². The number of piperidine rings is 1. The van der Waals surface area contributed by atoms with E-state index in [0.717, 1.165) is 29.4 Å². The molecule has 4 heterocycles. The zero-order chi connectivity index (χ0) is 17.9. The number of halogens is 1. The monoisotopic (exact) mass is 432 g/mol. The fourth-order valence-corrected chi connectivity index (χ4v) is 4.22. The van der Waals surface area contributed by atoms with E-state index in [1.54, 1.807) is 23.7 Å². The Balaban J connectivity index is 1.41. The molecule has 8 heteroatoms. The third-order valence-electron chi connectivity index (χ3n) is 4.47. The van der Waals surface area contributed by atoms with Crippen LogP contribution in [0, 0.1) is 5.92 Å². The van der Waals surface area contributed by atoms with Crippen molar-refractivity contribution in [3.63, 3.8) is 0 Å². The Morgan fingerprint density at radius 2 is 2.35 bits per heavy atom. The summed E-state index contributed by atoms with van der Waals surface area (Å²) in [6.07, 6.45) is 6.01. The number of thiophene rings is 1. The smallest absolute Gasteiger partial charge is 0.255 e. The first-order chi connectivity index (χ1) is 12.7. The highest BCUT2D eigenvalue weighted by atomic mass is 79.9. The maximum atomic E-state index is 12.7. The number of nitrogens with zero attached hydrogens (tertiary/aromatic N) is 4. The number of carbonyl (C=O) groups is 1. The average Bonchev–Trinajstić information content (AvgIpc) is 3.33. The molecule has 134 valence electrons. The fraction of sp³-hybridized carbons (Fsp3) is 0.333. The molecule has 1 fully saturated rings. The van der Waals surface area contributed by atoms with E-state index in [1.807, 2.05) is 27.8 Å². The topological polar surface area (TPSA) is 72.1 Å². The van der Waals surface area contributed by atoms with Crippen molar-refractivity contribution in [2.24, 2.45) is 5.92 Å². The van der Waals surface area contributed by atoms with Crippen LogP contribution in [0.1, 0.15) is 29.1 Å². The summed E-state index contributed by atoms with van der Waals surface area (Å²) in [6, 6.07) is 3.79. The second kappa shape index (κ2) is 7.67. The van der Waals surface area contributed by atoms with Gasteiger partial charge in [-0.15, -0.1) is 0 Å². The maximum absolute atomic E-state index is 12.7. The molecule has 1 atom stereocenters. The minimum atomic E-state index is 0.0213. The number of amides is 1. The molecule has 0 aliphatic carbocycles. The van der Waals surface area contributed by atoms with Crippen molar-refractivity contribution in [2.45, 2.75) is 19.3 Å². The van der Waals surface area contributed by atoms with E-state index in [0.29, 0.717) is 36.2 Å². The Morgan fingerprint density at radius 1 is 1.42 bits per heavy atom. The van der Waals surface area contributed by atoms with Crippen LogP contribution in [0.2, 0.25) is 0 Å². The molecule has 1 amide bonds. The number of hydrogen-bond donors (Lipinski definition) is 0. The quantitative estimate of drug-likeness (QED) is 0.621. The first-order valence-corrected chi connectivity index (χ1v) is 10.2. The second-order valence-electron chi connectivity index (χ2n) is 6.38. The van der Waals surface area contributed by atoms with Crippen molar-refractivity contribution in [2.75, 3.05) is 13.1 Å². The van der Waals surface area contributed by atoms with E-state index in [4.69, 9.17) is 4.52 Å². The normalized spacial score (nSPS) is 17.4. The highest BCUT2D eigenvalue weighted by Gasteiger charge is 2.26. The van der Waals surface area contributed by atoms with Gasteiger partial charge in [-0.05, 0) is 52.2 Å². The van der Waals surface area contributed by atoms with Crippen molar-refractivity contribution in [1.29, 1.82) is 0 Å². The molecule has 0 radical (unpaired) electrons. The number of likely N-dealkylation sites (tertiary alicyclic amines) is 1. The lowest BCUT2D eigenvalue weighted by atomic mass is 9.94. The third-order valence-corrected chi connectivity index (χ3v) is 5.59. The van der Waals surface area contributed by atoms with Gasteiger partial charge in [0.2, 0.25) is 11.7 Å². The number of carbonyl (C=O) groups excluding carboxylic acids is 1. The van der Waals surface area contributed by atoms with Crippen LogP contribution in [0.3, 0.4) is 0 Å². The first-order valence-electron chi connectivity index (χ1n) is 8.44. The maximum Gasteiger partial charge on any atom is 0.255 e. The molecule has 0 unspecified atom stereocenters. The molecule has 1 saturated heterocycles. The SMILES string of the molecule is O=C(c1cncc(Br)c1)N1CCC[C@H](Cc2nc(-c3ccsc3)no2)C1. The van der Waals surface area contributed by atoms with Crippen LogP contribution in [0.25, 0.3) is 11.4 Å². The summed E-state index contributed by atoms with van der Waals surface area (Å²) >= 11 is 4.98. The van der Waals surface area contributed by atoms with Gasteiger partial charge in [0.1, 0.15) is 0 Å². The van der Waals surface area contributed by atoms with Crippen molar-refractivity contribution in [1.82, 2.24) is 20.0 Å². The molecule has 1 aliphatic rings. The Labute approximate surface area is 163 Å². The van der Waals surface area contributed by atoms with Gasteiger partial charge >= 0.3 is 0 Å². The van der Waals surface area contributed by atoms with Gasteiger partial charge in [0.25, 0.3) is 5.91 Å². The van der Waals surface area contributed by atoms with Gasteiger partial charge < -0.3 is 9.42 Å². The van der Waals surface area contributed by atoms with Gasteiger partial charge in [-0.1, -0.05) is 5.16 Å². The van der Waals surface area contributed by atoms with E-state index in [-0.39, 0.29) is 5.91 Å². The highest BCUT2D eigenvalue weighted by molar-refractivity contribution is 9.10. The largest absolute Gasteiger partial charge is 0.339 e. The van der Waals surface area contributed by atoms with Crippen LogP contribution in [0.15, 0.2) is 44.3 Å². The fourth-order valence-electron chi connectivity index (χ4n) is 3.22. The predicted octanol–water partition coefficient (Wildman–Crippen LogP) is 4.05. The minimum Gasteiger partial charge on any atom is -0.339 e. The number of pyridine rings is 1. The number of rotatable bonds is 4. The summed E-state index contributed by atoms with van der Waals surface area (Å²) in [5.74, 6) is 1.61. The third kappa shape index (κ3) is 3.86. The lowest BCUT2D eigenvalue weighted by Crippen LogP contribution is -2.40. The summed E-state index contributed by atoms with van der Waals surface area (Å²) in [5.41, 5.74) is 1.59. The summed E-state index contributed by atoms with van der Waals surface area (Å²) < 4.78 is 6.22. The van der Waals surface area contributed by atoms with Crippen LogP contribution in [0.5, 0.6) is 0 Å². The second-order valence-corrected chi connectivity index (χ2v) is 8.07. The summed E-state index contributed by atoms with van der Waals surface area (Å²) in [4.78, 5) is 23.2. The van der Waals surface area contributed by atoms with Gasteiger partial charge in [0.05, 0.1) is 5.56 Å². The van der Waals surface area contributed by atoms with E-state index in [9.17, 15) is 4.79 Å². The minimum absolute atomic E-state index is 0.0213. The van der Waals surface area contributed by atoms with Crippen LogP contribution in [-0.4, -0.2) is 39.0 Å². The van der Waals surface area contributed by atoms with Crippen molar-refractivity contribution < 1.29 is 9.32 Å². The average molecular weight is 433 g/mol. The van der Waals surface area contributed by atoms with Crippen LogP contribution in [0.4, 0.5) is 0 Å². The van der Waals surface area contributed by atoms with E-state index in [1.165, 1.54) is 0 Å². The highest BCUT2D eigenvalue weighted by Crippen LogP contribution is 2.24. The van der Waals surface area contributed by atoms with E-state index < -0.39 is 0 Å². The summed E-state index contributed by atoms with van der Waals surface area (Å²) in [7, 11) is 0. The van der Waals surface area contributed by atoms with Gasteiger partial charge in [-0.25, -0.2) is 0 Å². The van der Waals surface area contributed by atoms with Crippen molar-refractivity contribution in [3.05, 3.63) is 51.2 Å². The van der Waals surface area contributed by atoms with Gasteiger partial charge in [-0.2, -0.15) is 16.3 Å². The van der Waals surface area contributed by atoms with Gasteiger partial charge in [0.15, 0.2) is 0 Å². The lowest BCUT2D eigenvalue weighted by Gasteiger charge is -2.32. The van der Waals surface area contributed by atoms with Crippen molar-refractivity contribution in [3.8, 4) is 11.4 Å². The Bertz CT molecular complexity index is 896. The van der Waals surface area contributed by atoms with Crippen LogP contribution >= 0.6 is 27.3 Å².